The summed E-state index contributed by atoms with van der Waals surface area (Å²) in [6.07, 6.45) is 10.3. The molecule has 0 radical (unpaired) electrons. The highest BCUT2D eigenvalue weighted by molar-refractivity contribution is 7.14. The van der Waals surface area contributed by atoms with Crippen molar-refractivity contribution in [3.63, 3.8) is 0 Å². The average molecular weight is 301 g/mol. The Labute approximate surface area is 128 Å². The topological polar surface area (TPSA) is 54.9 Å². The van der Waals surface area contributed by atoms with Crippen molar-refractivity contribution in [3.8, 4) is 11.3 Å². The van der Waals surface area contributed by atoms with E-state index in [9.17, 15) is 4.79 Å². The Hall–Kier alpha value is -1.75. The quantitative estimate of drug-likeness (QED) is 0.924. The number of rotatable bonds is 4. The molecule has 1 N–H and O–H groups in total. The predicted molar refractivity (Wildman–Crippen MR) is 85.2 cm³/mol. The smallest absolute Gasteiger partial charge is 0.226 e. The summed E-state index contributed by atoms with van der Waals surface area (Å²) in [4.78, 5) is 20.5. The minimum atomic E-state index is 0.0949. The molecule has 110 valence electrons. The van der Waals surface area contributed by atoms with Crippen LogP contribution in [0.25, 0.3) is 11.3 Å². The number of hydrogen-bond donors (Lipinski definition) is 1. The zero-order valence-corrected chi connectivity index (χ0v) is 12.7. The van der Waals surface area contributed by atoms with Crippen LogP contribution in [0.4, 0.5) is 5.13 Å². The summed E-state index contributed by atoms with van der Waals surface area (Å²) in [5, 5.41) is 5.58. The first-order valence-electron chi connectivity index (χ1n) is 7.47. The van der Waals surface area contributed by atoms with Crippen molar-refractivity contribution in [2.45, 2.75) is 38.5 Å². The lowest BCUT2D eigenvalue weighted by Gasteiger charge is -2.20. The van der Waals surface area contributed by atoms with Gasteiger partial charge in [0, 0.05) is 29.8 Å². The van der Waals surface area contributed by atoms with Gasteiger partial charge in [-0.1, -0.05) is 19.3 Å². The Morgan fingerprint density at radius 1 is 1.24 bits per heavy atom. The van der Waals surface area contributed by atoms with Gasteiger partial charge in [-0.2, -0.15) is 0 Å². The molecule has 2 heterocycles. The number of pyridine rings is 1. The highest BCUT2D eigenvalue weighted by atomic mass is 32.1. The van der Waals surface area contributed by atoms with E-state index < -0.39 is 0 Å². The molecule has 0 spiro atoms. The fourth-order valence-corrected chi connectivity index (χ4v) is 3.55. The van der Waals surface area contributed by atoms with E-state index in [4.69, 9.17) is 0 Å². The van der Waals surface area contributed by atoms with Gasteiger partial charge < -0.3 is 5.32 Å². The minimum absolute atomic E-state index is 0.0949. The molecule has 4 nitrogen and oxygen atoms in total. The molecule has 2 aromatic rings. The fourth-order valence-electron chi connectivity index (χ4n) is 2.81. The highest BCUT2D eigenvalue weighted by Gasteiger charge is 2.17. The zero-order valence-electron chi connectivity index (χ0n) is 11.9. The minimum Gasteiger partial charge on any atom is -0.302 e. The molecular formula is C16H19N3OS. The molecule has 5 heteroatoms. The summed E-state index contributed by atoms with van der Waals surface area (Å²) >= 11 is 1.47. The summed E-state index contributed by atoms with van der Waals surface area (Å²) in [7, 11) is 0. The molecule has 1 aliphatic rings. The number of anilines is 1. The van der Waals surface area contributed by atoms with Crippen molar-refractivity contribution >= 4 is 22.4 Å². The first kappa shape index (κ1) is 14.2. The summed E-state index contributed by atoms with van der Waals surface area (Å²) in [5.74, 6) is 0.649. The summed E-state index contributed by atoms with van der Waals surface area (Å²) < 4.78 is 0. The Kier molecular flexibility index (Phi) is 4.60. The van der Waals surface area contributed by atoms with Crippen LogP contribution in [-0.2, 0) is 4.79 Å². The van der Waals surface area contributed by atoms with E-state index in [0.717, 1.165) is 11.3 Å². The van der Waals surface area contributed by atoms with Crippen LogP contribution in [0.5, 0.6) is 0 Å². The molecule has 1 aliphatic carbocycles. The molecule has 1 fully saturated rings. The molecule has 21 heavy (non-hydrogen) atoms. The number of nitrogens with zero attached hydrogens (tertiary/aromatic N) is 2. The molecule has 1 amide bonds. The number of nitrogens with one attached hydrogen (secondary N) is 1. The molecule has 0 saturated heterocycles. The maximum absolute atomic E-state index is 12.1. The van der Waals surface area contributed by atoms with E-state index in [1.165, 1.54) is 43.4 Å². The van der Waals surface area contributed by atoms with Gasteiger partial charge in [-0.15, -0.1) is 11.3 Å². The molecule has 3 rings (SSSR count). The van der Waals surface area contributed by atoms with Crippen LogP contribution < -0.4 is 5.32 Å². The second-order valence-corrected chi connectivity index (χ2v) is 6.39. The van der Waals surface area contributed by atoms with Gasteiger partial charge in [0.05, 0.1) is 5.69 Å². The molecular weight excluding hydrogens is 282 g/mol. The SMILES string of the molecule is O=C(CC1CCCCC1)Nc1nc(-c2ccncc2)cs1. The fraction of sp³-hybridized carbons (Fsp3) is 0.438. The molecule has 0 aromatic carbocycles. The lowest BCUT2D eigenvalue weighted by atomic mass is 9.87. The summed E-state index contributed by atoms with van der Waals surface area (Å²) in [6, 6.07) is 3.84. The monoisotopic (exact) mass is 301 g/mol. The number of carbonyl (C=O) groups is 1. The predicted octanol–water partition coefficient (Wildman–Crippen LogP) is 4.11. The molecule has 0 bridgehead atoms. The van der Waals surface area contributed by atoms with Gasteiger partial charge in [0.15, 0.2) is 5.13 Å². The second kappa shape index (κ2) is 6.80. The maximum Gasteiger partial charge on any atom is 0.226 e. The first-order chi connectivity index (χ1) is 10.3. The van der Waals surface area contributed by atoms with Crippen molar-refractivity contribution in [3.05, 3.63) is 29.9 Å². The van der Waals surface area contributed by atoms with Crippen molar-refractivity contribution in [2.75, 3.05) is 5.32 Å². The van der Waals surface area contributed by atoms with Crippen LogP contribution in [0.1, 0.15) is 38.5 Å². The standard InChI is InChI=1S/C16H19N3OS/c20-15(10-12-4-2-1-3-5-12)19-16-18-14(11-21-16)13-6-8-17-9-7-13/h6-9,11-12H,1-5,10H2,(H,18,19,20). The van der Waals surface area contributed by atoms with Gasteiger partial charge >= 0.3 is 0 Å². The van der Waals surface area contributed by atoms with Gasteiger partial charge in [0.2, 0.25) is 5.91 Å². The Morgan fingerprint density at radius 3 is 2.76 bits per heavy atom. The van der Waals surface area contributed by atoms with E-state index in [1.807, 2.05) is 17.5 Å². The van der Waals surface area contributed by atoms with Crippen LogP contribution in [0, 0.1) is 5.92 Å². The van der Waals surface area contributed by atoms with Gasteiger partial charge in [-0.3, -0.25) is 9.78 Å². The molecule has 0 unspecified atom stereocenters. The Bertz CT molecular complexity index is 591. The summed E-state index contributed by atoms with van der Waals surface area (Å²) in [6.45, 7) is 0. The number of carbonyl (C=O) groups excluding carboxylic acids is 1. The maximum atomic E-state index is 12.1. The van der Waals surface area contributed by atoms with E-state index >= 15 is 0 Å². The molecule has 1 saturated carbocycles. The third-order valence-corrected chi connectivity index (χ3v) is 4.68. The third-order valence-electron chi connectivity index (χ3n) is 3.93. The van der Waals surface area contributed by atoms with E-state index in [2.05, 4.69) is 15.3 Å². The number of aromatic nitrogens is 2. The lowest BCUT2D eigenvalue weighted by Crippen LogP contribution is -2.18. The second-order valence-electron chi connectivity index (χ2n) is 5.53. The van der Waals surface area contributed by atoms with Crippen LogP contribution in [0.2, 0.25) is 0 Å². The van der Waals surface area contributed by atoms with E-state index in [0.29, 0.717) is 17.5 Å². The Morgan fingerprint density at radius 2 is 2.00 bits per heavy atom. The summed E-state index contributed by atoms with van der Waals surface area (Å²) in [5.41, 5.74) is 1.91. The van der Waals surface area contributed by atoms with Crippen molar-refractivity contribution < 1.29 is 4.79 Å². The Balaban J connectivity index is 1.58. The van der Waals surface area contributed by atoms with Crippen LogP contribution in [0.15, 0.2) is 29.9 Å². The van der Waals surface area contributed by atoms with Crippen LogP contribution >= 0.6 is 11.3 Å². The normalized spacial score (nSPS) is 15.8. The zero-order chi connectivity index (χ0) is 14.5. The van der Waals surface area contributed by atoms with Crippen molar-refractivity contribution in [1.82, 2.24) is 9.97 Å². The van der Waals surface area contributed by atoms with Crippen molar-refractivity contribution in [1.29, 1.82) is 0 Å². The van der Waals surface area contributed by atoms with Gasteiger partial charge in [0.1, 0.15) is 0 Å². The van der Waals surface area contributed by atoms with E-state index in [-0.39, 0.29) is 5.91 Å². The van der Waals surface area contributed by atoms with Crippen LogP contribution in [0.3, 0.4) is 0 Å². The van der Waals surface area contributed by atoms with Gasteiger partial charge in [0.25, 0.3) is 0 Å². The average Bonchev–Trinajstić information content (AvgIpc) is 2.97. The van der Waals surface area contributed by atoms with Crippen LogP contribution in [-0.4, -0.2) is 15.9 Å². The number of thiazole rings is 1. The number of amides is 1. The van der Waals surface area contributed by atoms with Gasteiger partial charge in [-0.25, -0.2) is 4.98 Å². The molecule has 2 aromatic heterocycles. The highest BCUT2D eigenvalue weighted by Crippen LogP contribution is 2.28. The molecule has 0 atom stereocenters. The third kappa shape index (κ3) is 3.88. The van der Waals surface area contributed by atoms with Crippen molar-refractivity contribution in [2.24, 2.45) is 5.92 Å². The lowest BCUT2D eigenvalue weighted by molar-refractivity contribution is -0.117. The van der Waals surface area contributed by atoms with E-state index in [1.54, 1.807) is 12.4 Å². The number of hydrogen-bond acceptors (Lipinski definition) is 4. The van der Waals surface area contributed by atoms with Gasteiger partial charge in [-0.05, 0) is 30.9 Å². The molecule has 0 aliphatic heterocycles. The largest absolute Gasteiger partial charge is 0.302 e. The first-order valence-corrected chi connectivity index (χ1v) is 8.35.